The Kier molecular flexibility index (Phi) is 5.41. The number of phenolic OH excluding ortho intramolecular Hbond substituents is 1. The highest BCUT2D eigenvalue weighted by molar-refractivity contribution is 5.78. The van der Waals surface area contributed by atoms with Crippen molar-refractivity contribution in [3.8, 4) is 5.75 Å². The van der Waals surface area contributed by atoms with Crippen LogP contribution >= 0.6 is 0 Å². The van der Waals surface area contributed by atoms with E-state index in [2.05, 4.69) is 26.1 Å². The summed E-state index contributed by atoms with van der Waals surface area (Å²) in [7, 11) is 0. The van der Waals surface area contributed by atoms with Crippen LogP contribution in [0.1, 0.15) is 50.8 Å². The highest BCUT2D eigenvalue weighted by atomic mass is 16.3. The molecule has 0 saturated heterocycles. The molecular weight excluding hydrogens is 264 g/mol. The highest BCUT2D eigenvalue weighted by Crippen LogP contribution is 2.34. The summed E-state index contributed by atoms with van der Waals surface area (Å²) in [6.45, 7) is 9.94. The number of carbonyl (C=O) groups is 1. The molecule has 1 aromatic carbocycles. The summed E-state index contributed by atoms with van der Waals surface area (Å²) in [5, 5.41) is 13.0. The second-order valence-electron chi connectivity index (χ2n) is 6.36. The Morgan fingerprint density at radius 1 is 1.38 bits per heavy atom. The molecule has 1 aromatic rings. The minimum atomic E-state index is -0.149. The molecule has 0 aliphatic rings. The van der Waals surface area contributed by atoms with Crippen LogP contribution in [-0.2, 0) is 16.6 Å². The molecule has 1 rings (SSSR count). The number of nitrogens with two attached hydrogens (primary N) is 1. The van der Waals surface area contributed by atoms with Crippen LogP contribution in [0.25, 0.3) is 0 Å². The molecule has 0 atom stereocenters. The molecule has 4 N–H and O–H groups in total. The number of phenols is 1. The molecular formula is C17H26N2O2. The van der Waals surface area contributed by atoms with Gasteiger partial charge < -0.3 is 16.2 Å². The van der Waals surface area contributed by atoms with Gasteiger partial charge in [-0.2, -0.15) is 0 Å². The summed E-state index contributed by atoms with van der Waals surface area (Å²) in [6, 6.07) is 3.92. The fourth-order valence-corrected chi connectivity index (χ4v) is 2.16. The number of carbonyl (C=O) groups excluding carboxylic acids is 1. The van der Waals surface area contributed by atoms with Crippen LogP contribution in [0.3, 0.4) is 0 Å². The Morgan fingerprint density at radius 2 is 2.00 bits per heavy atom. The van der Waals surface area contributed by atoms with Crippen LogP contribution < -0.4 is 11.1 Å². The van der Waals surface area contributed by atoms with E-state index in [1.54, 1.807) is 13.0 Å². The third-order valence-corrected chi connectivity index (χ3v) is 3.36. The topological polar surface area (TPSA) is 75.3 Å². The number of nitrogens with one attached hydrogen (secondary N) is 1. The second-order valence-corrected chi connectivity index (χ2v) is 6.36. The number of rotatable bonds is 4. The van der Waals surface area contributed by atoms with Gasteiger partial charge in [0, 0.05) is 6.42 Å². The minimum absolute atomic E-state index is 0.136. The first-order chi connectivity index (χ1) is 9.65. The second kappa shape index (κ2) is 6.66. The molecule has 1 amide bonds. The minimum Gasteiger partial charge on any atom is -0.507 e. The lowest BCUT2D eigenvalue weighted by atomic mass is 9.83. The number of aromatic hydroxyl groups is 1. The number of hydrogen-bond donors (Lipinski definition) is 3. The van der Waals surface area contributed by atoms with Gasteiger partial charge in [-0.1, -0.05) is 38.5 Å². The average molecular weight is 290 g/mol. The van der Waals surface area contributed by atoms with Crippen molar-refractivity contribution < 1.29 is 9.90 Å². The van der Waals surface area contributed by atoms with E-state index >= 15 is 0 Å². The van der Waals surface area contributed by atoms with E-state index in [9.17, 15) is 9.90 Å². The normalized spacial score (nSPS) is 12.3. The van der Waals surface area contributed by atoms with E-state index in [4.69, 9.17) is 5.73 Å². The molecule has 0 fully saturated rings. The molecule has 0 aliphatic carbocycles. The maximum Gasteiger partial charge on any atom is 0.225 e. The van der Waals surface area contributed by atoms with Gasteiger partial charge in [-0.15, -0.1) is 0 Å². The van der Waals surface area contributed by atoms with Gasteiger partial charge >= 0.3 is 0 Å². The summed E-state index contributed by atoms with van der Waals surface area (Å²) in [4.78, 5) is 11.8. The number of hydrogen-bond acceptors (Lipinski definition) is 3. The predicted molar refractivity (Wildman–Crippen MR) is 86.0 cm³/mol. The maximum absolute atomic E-state index is 11.8. The van der Waals surface area contributed by atoms with Crippen LogP contribution in [0.15, 0.2) is 24.0 Å². The lowest BCUT2D eigenvalue weighted by Gasteiger charge is -2.23. The summed E-state index contributed by atoms with van der Waals surface area (Å²) in [5.74, 6) is 0.493. The summed E-state index contributed by atoms with van der Waals surface area (Å²) < 4.78 is 0. The first-order valence-corrected chi connectivity index (χ1v) is 7.19. The fraction of sp³-hybridized carbons (Fsp3) is 0.471. The molecule has 0 heterocycles. The zero-order valence-electron chi connectivity index (χ0n) is 13.6. The number of allylic oxidation sites excluding steroid dienone is 1. The zero-order valence-corrected chi connectivity index (χ0v) is 13.6. The maximum atomic E-state index is 11.8. The summed E-state index contributed by atoms with van der Waals surface area (Å²) >= 11 is 0. The standard InChI is InChI=1S/C17H26N2O2/c1-6-14(18)19-15(20)8-7-12-9-11(2)10-13(16(12)21)17(3,4)5/h6,9-10,21H,7-8,18H2,1-5H3,(H,19,20). The molecule has 4 nitrogen and oxygen atoms in total. The van der Waals surface area contributed by atoms with E-state index < -0.39 is 0 Å². The van der Waals surface area contributed by atoms with E-state index in [0.29, 0.717) is 18.0 Å². The van der Waals surface area contributed by atoms with Gasteiger partial charge in [0.05, 0.1) is 5.82 Å². The van der Waals surface area contributed by atoms with Crippen molar-refractivity contribution in [2.75, 3.05) is 0 Å². The first kappa shape index (κ1) is 17.1. The first-order valence-electron chi connectivity index (χ1n) is 7.19. The molecule has 0 saturated carbocycles. The quantitative estimate of drug-likeness (QED) is 0.798. The molecule has 0 aliphatic heterocycles. The summed E-state index contributed by atoms with van der Waals surface area (Å²) in [5.41, 5.74) is 8.21. The van der Waals surface area contributed by atoms with Gasteiger partial charge in [0.25, 0.3) is 0 Å². The van der Waals surface area contributed by atoms with Gasteiger partial charge in [-0.25, -0.2) is 0 Å². The third-order valence-electron chi connectivity index (χ3n) is 3.36. The van der Waals surface area contributed by atoms with Gasteiger partial charge in [0.1, 0.15) is 5.75 Å². The Balaban J connectivity index is 2.90. The molecule has 0 unspecified atom stereocenters. The van der Waals surface area contributed by atoms with E-state index in [-0.39, 0.29) is 17.7 Å². The third kappa shape index (κ3) is 4.81. The Hall–Kier alpha value is -1.97. The van der Waals surface area contributed by atoms with E-state index in [0.717, 1.165) is 16.7 Å². The highest BCUT2D eigenvalue weighted by Gasteiger charge is 2.20. The van der Waals surface area contributed by atoms with Crippen molar-refractivity contribution in [3.05, 3.63) is 40.7 Å². The Morgan fingerprint density at radius 3 is 2.52 bits per heavy atom. The van der Waals surface area contributed by atoms with Gasteiger partial charge in [0.2, 0.25) is 5.91 Å². The fourth-order valence-electron chi connectivity index (χ4n) is 2.16. The number of aryl methyl sites for hydroxylation is 2. The van der Waals surface area contributed by atoms with Crippen molar-refractivity contribution in [1.82, 2.24) is 5.32 Å². The molecule has 116 valence electrons. The van der Waals surface area contributed by atoms with Gasteiger partial charge in [-0.05, 0) is 42.9 Å². The van der Waals surface area contributed by atoms with E-state index in [1.807, 2.05) is 19.1 Å². The average Bonchev–Trinajstić information content (AvgIpc) is 2.37. The molecule has 4 heteroatoms. The molecule has 0 aromatic heterocycles. The lowest BCUT2D eigenvalue weighted by Crippen LogP contribution is -2.27. The van der Waals surface area contributed by atoms with Gasteiger partial charge in [-0.3, -0.25) is 4.79 Å². The van der Waals surface area contributed by atoms with Crippen LogP contribution in [0, 0.1) is 6.92 Å². The predicted octanol–water partition coefficient (Wildman–Crippen LogP) is 2.87. The molecule has 0 radical (unpaired) electrons. The van der Waals surface area contributed by atoms with Crippen LogP contribution in [-0.4, -0.2) is 11.0 Å². The monoisotopic (exact) mass is 290 g/mol. The van der Waals surface area contributed by atoms with Crippen molar-refractivity contribution in [2.45, 2.75) is 52.9 Å². The number of amides is 1. The van der Waals surface area contributed by atoms with Crippen molar-refractivity contribution in [1.29, 1.82) is 0 Å². The van der Waals surface area contributed by atoms with Crippen molar-refractivity contribution >= 4 is 5.91 Å². The van der Waals surface area contributed by atoms with Crippen molar-refractivity contribution in [2.24, 2.45) is 5.73 Å². The van der Waals surface area contributed by atoms with Crippen LogP contribution in [0.4, 0.5) is 0 Å². The Labute approximate surface area is 127 Å². The molecule has 21 heavy (non-hydrogen) atoms. The van der Waals surface area contributed by atoms with Gasteiger partial charge in [0.15, 0.2) is 0 Å². The smallest absolute Gasteiger partial charge is 0.225 e. The van der Waals surface area contributed by atoms with Crippen molar-refractivity contribution in [3.63, 3.8) is 0 Å². The van der Waals surface area contributed by atoms with E-state index in [1.165, 1.54) is 0 Å². The zero-order chi connectivity index (χ0) is 16.2. The van der Waals surface area contributed by atoms with Crippen LogP contribution in [0.2, 0.25) is 0 Å². The molecule has 0 bridgehead atoms. The lowest BCUT2D eigenvalue weighted by molar-refractivity contribution is -0.120. The largest absolute Gasteiger partial charge is 0.507 e. The SMILES string of the molecule is CC=C(N)NC(=O)CCc1cc(C)cc(C(C)(C)C)c1O. The molecule has 0 spiro atoms. The Bertz CT molecular complexity index is 555. The summed E-state index contributed by atoms with van der Waals surface area (Å²) in [6.07, 6.45) is 2.41. The van der Waals surface area contributed by atoms with Crippen LogP contribution in [0.5, 0.6) is 5.75 Å². The number of benzene rings is 1.